The molecule has 0 radical (unpaired) electrons. The summed E-state index contributed by atoms with van der Waals surface area (Å²) in [5.41, 5.74) is 4.85. The van der Waals surface area contributed by atoms with E-state index in [9.17, 15) is 4.39 Å². The van der Waals surface area contributed by atoms with E-state index < -0.39 is 6.30 Å². The largest absolute Gasteiger partial charge is 0.464 e. The first-order valence-corrected chi connectivity index (χ1v) is 3.13. The molecule has 0 aliphatic carbocycles. The van der Waals surface area contributed by atoms with E-state index in [2.05, 4.69) is 20.3 Å². The Morgan fingerprint density at radius 2 is 2.44 bits per heavy atom. The second kappa shape index (κ2) is 2.49. The van der Waals surface area contributed by atoms with Crippen LogP contribution in [-0.4, -0.2) is 0 Å². The highest BCUT2D eigenvalue weighted by molar-refractivity contribution is 9.10. The Bertz CT molecular complexity index is 199. The molecule has 0 bridgehead atoms. The molecule has 0 spiro atoms. The SMILES string of the molecule is NC(F)c1cc(Br)co1. The normalized spacial score (nSPS) is 13.7. The molecular weight excluding hydrogens is 189 g/mol. The van der Waals surface area contributed by atoms with Crippen LogP contribution in [0.25, 0.3) is 0 Å². The van der Waals surface area contributed by atoms with E-state index in [1.807, 2.05) is 0 Å². The van der Waals surface area contributed by atoms with Gasteiger partial charge in [-0.1, -0.05) is 0 Å². The van der Waals surface area contributed by atoms with Crippen LogP contribution in [0.1, 0.15) is 12.1 Å². The van der Waals surface area contributed by atoms with Gasteiger partial charge in [0.2, 0.25) is 6.30 Å². The maximum atomic E-state index is 12.1. The minimum absolute atomic E-state index is 0.141. The number of rotatable bonds is 1. The zero-order valence-electron chi connectivity index (χ0n) is 4.47. The van der Waals surface area contributed by atoms with Crippen molar-refractivity contribution in [3.63, 3.8) is 0 Å². The third kappa shape index (κ3) is 1.53. The molecule has 1 unspecified atom stereocenters. The van der Waals surface area contributed by atoms with Crippen LogP contribution >= 0.6 is 15.9 Å². The topological polar surface area (TPSA) is 39.2 Å². The molecule has 2 nitrogen and oxygen atoms in total. The summed E-state index contributed by atoms with van der Waals surface area (Å²) in [6, 6.07) is 1.49. The summed E-state index contributed by atoms with van der Waals surface area (Å²) in [5, 5.41) is 0. The van der Waals surface area contributed by atoms with Crippen molar-refractivity contribution in [1.82, 2.24) is 0 Å². The van der Waals surface area contributed by atoms with Gasteiger partial charge in [0.25, 0.3) is 0 Å². The van der Waals surface area contributed by atoms with Crippen LogP contribution in [0.2, 0.25) is 0 Å². The highest BCUT2D eigenvalue weighted by Gasteiger charge is 2.06. The first kappa shape index (κ1) is 6.77. The minimum atomic E-state index is -1.52. The van der Waals surface area contributed by atoms with Crippen molar-refractivity contribution >= 4 is 15.9 Å². The van der Waals surface area contributed by atoms with Crippen LogP contribution in [0.5, 0.6) is 0 Å². The van der Waals surface area contributed by atoms with Gasteiger partial charge in [0.15, 0.2) is 5.76 Å². The lowest BCUT2D eigenvalue weighted by atomic mass is 10.4. The minimum Gasteiger partial charge on any atom is -0.464 e. The van der Waals surface area contributed by atoms with Gasteiger partial charge in [0.05, 0.1) is 4.47 Å². The molecule has 0 aromatic carbocycles. The van der Waals surface area contributed by atoms with Crippen LogP contribution in [0.4, 0.5) is 4.39 Å². The molecule has 1 rings (SSSR count). The van der Waals surface area contributed by atoms with Gasteiger partial charge in [-0.15, -0.1) is 0 Å². The third-order valence-electron chi connectivity index (χ3n) is 0.860. The van der Waals surface area contributed by atoms with Crippen LogP contribution in [0, 0.1) is 0 Å². The van der Waals surface area contributed by atoms with Crippen LogP contribution < -0.4 is 5.73 Å². The smallest absolute Gasteiger partial charge is 0.206 e. The van der Waals surface area contributed by atoms with E-state index in [1.165, 1.54) is 12.3 Å². The lowest BCUT2D eigenvalue weighted by molar-refractivity contribution is 0.295. The molecule has 9 heavy (non-hydrogen) atoms. The third-order valence-corrected chi connectivity index (χ3v) is 1.28. The molecule has 0 saturated carbocycles. The molecule has 2 N–H and O–H groups in total. The van der Waals surface area contributed by atoms with Crippen molar-refractivity contribution in [2.75, 3.05) is 0 Å². The Kier molecular flexibility index (Phi) is 1.87. The number of alkyl halides is 1. The quantitative estimate of drug-likeness (QED) is 0.694. The van der Waals surface area contributed by atoms with Crippen molar-refractivity contribution in [3.05, 3.63) is 22.6 Å². The molecule has 4 heteroatoms. The monoisotopic (exact) mass is 193 g/mol. The van der Waals surface area contributed by atoms with Gasteiger partial charge in [-0.2, -0.15) is 0 Å². The maximum absolute atomic E-state index is 12.1. The summed E-state index contributed by atoms with van der Waals surface area (Å²) in [6.07, 6.45) is -0.134. The molecule has 50 valence electrons. The Hall–Kier alpha value is -0.350. The van der Waals surface area contributed by atoms with Crippen LogP contribution in [0.15, 0.2) is 21.2 Å². The molecule has 1 aromatic heterocycles. The average molecular weight is 194 g/mol. The molecule has 0 aliphatic heterocycles. The van der Waals surface area contributed by atoms with E-state index in [-0.39, 0.29) is 5.76 Å². The molecular formula is C5H5BrFNO. The number of halogens is 2. The van der Waals surface area contributed by atoms with E-state index in [0.29, 0.717) is 4.47 Å². The summed E-state index contributed by atoms with van der Waals surface area (Å²) in [6.45, 7) is 0. The van der Waals surface area contributed by atoms with Gasteiger partial charge in [0, 0.05) is 0 Å². The predicted octanol–water partition coefficient (Wildman–Crippen LogP) is 1.97. The van der Waals surface area contributed by atoms with E-state index >= 15 is 0 Å². The Morgan fingerprint density at radius 1 is 1.78 bits per heavy atom. The van der Waals surface area contributed by atoms with Gasteiger partial charge < -0.3 is 4.42 Å². The molecule has 0 aliphatic rings. The molecule has 1 aromatic rings. The fourth-order valence-corrected chi connectivity index (χ4v) is 0.792. The van der Waals surface area contributed by atoms with E-state index in [4.69, 9.17) is 5.73 Å². The molecule has 1 heterocycles. The van der Waals surface area contributed by atoms with E-state index in [0.717, 1.165) is 0 Å². The summed E-state index contributed by atoms with van der Waals surface area (Å²) >= 11 is 3.08. The van der Waals surface area contributed by atoms with Crippen molar-refractivity contribution < 1.29 is 8.81 Å². The highest BCUT2D eigenvalue weighted by Crippen LogP contribution is 2.18. The number of nitrogens with two attached hydrogens (primary N) is 1. The second-order valence-corrected chi connectivity index (χ2v) is 2.48. The Balaban J connectivity index is 2.85. The molecule has 1 atom stereocenters. The first-order valence-electron chi connectivity index (χ1n) is 2.34. The van der Waals surface area contributed by atoms with Crippen molar-refractivity contribution in [2.24, 2.45) is 5.73 Å². The van der Waals surface area contributed by atoms with Crippen LogP contribution in [0.3, 0.4) is 0 Å². The number of hydrogen-bond acceptors (Lipinski definition) is 2. The van der Waals surface area contributed by atoms with Crippen LogP contribution in [-0.2, 0) is 0 Å². The van der Waals surface area contributed by atoms with Crippen molar-refractivity contribution in [1.29, 1.82) is 0 Å². The maximum Gasteiger partial charge on any atom is 0.206 e. The van der Waals surface area contributed by atoms with Gasteiger partial charge in [-0.3, -0.25) is 5.73 Å². The highest BCUT2D eigenvalue weighted by atomic mass is 79.9. The fourth-order valence-electron chi connectivity index (χ4n) is 0.473. The van der Waals surface area contributed by atoms with Gasteiger partial charge in [0.1, 0.15) is 6.26 Å². The molecule has 0 saturated heterocycles. The summed E-state index contributed by atoms with van der Waals surface area (Å²) in [5.74, 6) is 0.141. The summed E-state index contributed by atoms with van der Waals surface area (Å²) in [4.78, 5) is 0. The standard InChI is InChI=1S/C5H5BrFNO/c6-3-1-4(5(7)8)9-2-3/h1-2,5H,8H2. The zero-order valence-corrected chi connectivity index (χ0v) is 6.06. The molecule has 0 amide bonds. The van der Waals surface area contributed by atoms with Gasteiger partial charge >= 0.3 is 0 Å². The summed E-state index contributed by atoms with van der Waals surface area (Å²) < 4.78 is 17.5. The zero-order chi connectivity index (χ0) is 6.85. The van der Waals surface area contributed by atoms with E-state index in [1.54, 1.807) is 0 Å². The average Bonchev–Trinajstić information content (AvgIpc) is 2.14. The lowest BCUT2D eigenvalue weighted by Crippen LogP contribution is -2.00. The molecule has 0 fully saturated rings. The van der Waals surface area contributed by atoms with Gasteiger partial charge in [-0.05, 0) is 22.0 Å². The first-order chi connectivity index (χ1) is 4.20. The Labute approximate surface area is 60.0 Å². The fraction of sp³-hybridized carbons (Fsp3) is 0.200. The Morgan fingerprint density at radius 3 is 2.67 bits per heavy atom. The number of hydrogen-bond donors (Lipinski definition) is 1. The summed E-state index contributed by atoms with van der Waals surface area (Å²) in [7, 11) is 0. The predicted molar refractivity (Wildman–Crippen MR) is 34.4 cm³/mol. The van der Waals surface area contributed by atoms with Gasteiger partial charge in [-0.25, -0.2) is 4.39 Å². The lowest BCUT2D eigenvalue weighted by Gasteiger charge is -1.91. The second-order valence-electron chi connectivity index (χ2n) is 1.57. The number of furan rings is 1. The van der Waals surface area contributed by atoms with Crippen molar-refractivity contribution in [2.45, 2.75) is 6.30 Å². The van der Waals surface area contributed by atoms with Crippen molar-refractivity contribution in [3.8, 4) is 0 Å².